The highest BCUT2D eigenvalue weighted by Crippen LogP contribution is 2.39. The topological polar surface area (TPSA) is 88.9 Å². The molecule has 0 saturated heterocycles. The predicted molar refractivity (Wildman–Crippen MR) is 135 cm³/mol. The molecule has 5 rings (SSSR count). The number of nitrogens with one attached hydrogen (secondary N) is 2. The summed E-state index contributed by atoms with van der Waals surface area (Å²) in [6.45, 7) is 0. The Labute approximate surface area is 205 Å². The van der Waals surface area contributed by atoms with E-state index in [0.717, 1.165) is 41.3 Å². The average Bonchev–Trinajstić information content (AvgIpc) is 3.43. The van der Waals surface area contributed by atoms with Gasteiger partial charge in [0.05, 0.1) is 11.1 Å². The Kier molecular flexibility index (Phi) is 6.46. The van der Waals surface area contributed by atoms with Gasteiger partial charge in [-0.05, 0) is 67.6 Å². The van der Waals surface area contributed by atoms with E-state index in [-0.39, 0.29) is 11.8 Å². The van der Waals surface area contributed by atoms with Crippen LogP contribution in [0.5, 0.6) is 0 Å². The smallest absolute Gasteiger partial charge is 0.258 e. The summed E-state index contributed by atoms with van der Waals surface area (Å²) in [6, 6.07) is 11.1. The molecule has 3 heterocycles. The molecule has 0 bridgehead atoms. The van der Waals surface area contributed by atoms with Crippen molar-refractivity contribution in [2.24, 2.45) is 7.05 Å². The first-order valence-electron chi connectivity index (χ1n) is 11.0. The van der Waals surface area contributed by atoms with E-state index in [2.05, 4.69) is 20.6 Å². The maximum absolute atomic E-state index is 13.4. The van der Waals surface area contributed by atoms with Crippen LogP contribution in [-0.4, -0.2) is 26.3 Å². The number of nitrogens with zero attached hydrogens (tertiary/aromatic N) is 3. The molecule has 7 nitrogen and oxygen atoms in total. The van der Waals surface area contributed by atoms with Crippen LogP contribution >= 0.6 is 23.1 Å². The Morgan fingerprint density at radius 2 is 1.85 bits per heavy atom. The molecule has 3 aromatic heterocycles. The Morgan fingerprint density at radius 1 is 1.03 bits per heavy atom. The first-order valence-corrected chi connectivity index (χ1v) is 12.6. The molecule has 4 aromatic rings. The van der Waals surface area contributed by atoms with Crippen molar-refractivity contribution in [3.05, 3.63) is 82.8 Å². The van der Waals surface area contributed by atoms with Gasteiger partial charge in [-0.15, -0.1) is 11.3 Å². The number of benzene rings is 1. The third-order valence-electron chi connectivity index (χ3n) is 5.65. The van der Waals surface area contributed by atoms with Gasteiger partial charge in [-0.3, -0.25) is 14.6 Å². The van der Waals surface area contributed by atoms with Crippen molar-refractivity contribution in [2.75, 3.05) is 10.6 Å². The summed E-state index contributed by atoms with van der Waals surface area (Å²) in [6.07, 6.45) is 10.7. The standard InChI is InChI=1S/C25H23N5O2S2/c1-30-14-13-27-25(30)33-18-10-8-17(9-11-18)28-23(32)21-19-6-2-3-7-20(19)34-24(21)29-22(31)16-5-4-12-26-15-16/h4-5,8-15H,2-3,6-7H2,1H3,(H,28,32)(H,29,31). The molecule has 0 spiro atoms. The Bertz CT molecular complexity index is 1330. The lowest BCUT2D eigenvalue weighted by molar-refractivity contribution is 0.102. The molecule has 9 heteroatoms. The fourth-order valence-corrected chi connectivity index (χ4v) is 6.01. The first-order chi connectivity index (χ1) is 16.6. The van der Waals surface area contributed by atoms with Crippen LogP contribution in [0.1, 0.15) is 44.0 Å². The van der Waals surface area contributed by atoms with E-state index in [1.807, 2.05) is 42.1 Å². The quantitative estimate of drug-likeness (QED) is 0.378. The van der Waals surface area contributed by atoms with E-state index in [4.69, 9.17) is 0 Å². The van der Waals surface area contributed by atoms with Crippen LogP contribution in [-0.2, 0) is 19.9 Å². The van der Waals surface area contributed by atoms with Crippen molar-refractivity contribution in [3.8, 4) is 0 Å². The maximum atomic E-state index is 13.4. The fourth-order valence-electron chi connectivity index (χ4n) is 3.92. The molecular weight excluding hydrogens is 466 g/mol. The number of thiophene rings is 1. The molecule has 0 unspecified atom stereocenters. The zero-order chi connectivity index (χ0) is 23.5. The lowest BCUT2D eigenvalue weighted by atomic mass is 9.95. The van der Waals surface area contributed by atoms with Crippen molar-refractivity contribution < 1.29 is 9.59 Å². The second-order valence-electron chi connectivity index (χ2n) is 8.01. The average molecular weight is 490 g/mol. The second-order valence-corrected chi connectivity index (χ2v) is 10.2. The van der Waals surface area contributed by atoms with Crippen molar-refractivity contribution in [1.82, 2.24) is 14.5 Å². The lowest BCUT2D eigenvalue weighted by Crippen LogP contribution is -2.18. The van der Waals surface area contributed by atoms with Crippen molar-refractivity contribution in [3.63, 3.8) is 0 Å². The van der Waals surface area contributed by atoms with Gasteiger partial charge in [-0.2, -0.15) is 0 Å². The molecule has 0 radical (unpaired) electrons. The Hall–Kier alpha value is -3.43. The number of amides is 2. The van der Waals surface area contributed by atoms with Gasteiger partial charge in [-0.1, -0.05) is 11.8 Å². The summed E-state index contributed by atoms with van der Waals surface area (Å²) >= 11 is 3.06. The van der Waals surface area contributed by atoms with Gasteiger partial charge in [0.2, 0.25) is 0 Å². The van der Waals surface area contributed by atoms with Gasteiger partial charge < -0.3 is 15.2 Å². The van der Waals surface area contributed by atoms with Crippen LogP contribution in [0.15, 0.2) is 71.2 Å². The zero-order valence-corrected chi connectivity index (χ0v) is 20.2. The molecular formula is C25H23N5O2S2. The number of imidazole rings is 1. The number of aromatic nitrogens is 3. The van der Waals surface area contributed by atoms with Gasteiger partial charge in [0.15, 0.2) is 5.16 Å². The third-order valence-corrected chi connectivity index (χ3v) is 7.94. The van der Waals surface area contributed by atoms with E-state index >= 15 is 0 Å². The zero-order valence-electron chi connectivity index (χ0n) is 18.6. The molecule has 0 aliphatic heterocycles. The minimum absolute atomic E-state index is 0.203. The predicted octanol–water partition coefficient (Wildman–Crippen LogP) is 5.41. The summed E-state index contributed by atoms with van der Waals surface area (Å²) in [5, 5.41) is 7.47. The van der Waals surface area contributed by atoms with Crippen LogP contribution in [0.3, 0.4) is 0 Å². The first kappa shape index (κ1) is 22.4. The van der Waals surface area contributed by atoms with Crippen LogP contribution in [0.2, 0.25) is 0 Å². The van der Waals surface area contributed by atoms with Crippen LogP contribution < -0.4 is 10.6 Å². The van der Waals surface area contributed by atoms with Gasteiger partial charge in [0, 0.05) is 47.3 Å². The monoisotopic (exact) mass is 489 g/mol. The minimum atomic E-state index is -0.267. The third kappa shape index (κ3) is 4.76. The van der Waals surface area contributed by atoms with Crippen LogP contribution in [0.25, 0.3) is 0 Å². The maximum Gasteiger partial charge on any atom is 0.258 e. The number of carbonyl (C=O) groups is 2. The van der Waals surface area contributed by atoms with Gasteiger partial charge in [0.25, 0.3) is 11.8 Å². The highest BCUT2D eigenvalue weighted by molar-refractivity contribution is 7.99. The summed E-state index contributed by atoms with van der Waals surface area (Å²) < 4.78 is 1.96. The van der Waals surface area contributed by atoms with E-state index in [1.165, 1.54) is 22.4 Å². The van der Waals surface area contributed by atoms with E-state index < -0.39 is 0 Å². The van der Waals surface area contributed by atoms with Crippen molar-refractivity contribution in [2.45, 2.75) is 35.7 Å². The van der Waals surface area contributed by atoms with E-state index in [0.29, 0.717) is 21.8 Å². The molecule has 0 fully saturated rings. The number of fused-ring (bicyclic) bond motifs is 1. The van der Waals surface area contributed by atoms with Gasteiger partial charge in [-0.25, -0.2) is 4.98 Å². The highest BCUT2D eigenvalue weighted by atomic mass is 32.2. The molecule has 0 saturated carbocycles. The number of carbonyl (C=O) groups excluding carboxylic acids is 2. The van der Waals surface area contributed by atoms with Crippen molar-refractivity contribution >= 4 is 45.6 Å². The number of hydrogen-bond donors (Lipinski definition) is 2. The largest absolute Gasteiger partial charge is 0.329 e. The number of anilines is 2. The van der Waals surface area contributed by atoms with E-state index in [9.17, 15) is 9.59 Å². The molecule has 172 valence electrons. The number of pyridine rings is 1. The van der Waals surface area contributed by atoms with Gasteiger partial charge in [0.1, 0.15) is 5.00 Å². The molecule has 0 atom stereocenters. The number of hydrogen-bond acceptors (Lipinski definition) is 6. The summed E-state index contributed by atoms with van der Waals surface area (Å²) in [5.41, 5.74) is 2.79. The van der Waals surface area contributed by atoms with E-state index in [1.54, 1.807) is 36.3 Å². The SMILES string of the molecule is Cn1ccnc1Sc1ccc(NC(=O)c2c(NC(=O)c3cccnc3)sc3c2CCCC3)cc1. The van der Waals surface area contributed by atoms with Crippen LogP contribution in [0.4, 0.5) is 10.7 Å². The van der Waals surface area contributed by atoms with Gasteiger partial charge >= 0.3 is 0 Å². The van der Waals surface area contributed by atoms with Crippen LogP contribution in [0, 0.1) is 0 Å². The molecule has 1 aliphatic carbocycles. The fraction of sp³-hybridized carbons (Fsp3) is 0.200. The molecule has 1 aromatic carbocycles. The normalized spacial score (nSPS) is 12.7. The minimum Gasteiger partial charge on any atom is -0.329 e. The Morgan fingerprint density at radius 3 is 2.59 bits per heavy atom. The molecule has 2 amide bonds. The number of aryl methyl sites for hydroxylation is 2. The molecule has 2 N–H and O–H groups in total. The Balaban J connectivity index is 1.36. The highest BCUT2D eigenvalue weighted by Gasteiger charge is 2.26. The molecule has 1 aliphatic rings. The second kappa shape index (κ2) is 9.82. The number of rotatable bonds is 6. The molecule has 34 heavy (non-hydrogen) atoms. The summed E-state index contributed by atoms with van der Waals surface area (Å²) in [5.74, 6) is -0.471. The summed E-state index contributed by atoms with van der Waals surface area (Å²) in [7, 11) is 1.95. The van der Waals surface area contributed by atoms with Crippen molar-refractivity contribution in [1.29, 1.82) is 0 Å². The lowest BCUT2D eigenvalue weighted by Gasteiger charge is -2.13. The summed E-state index contributed by atoms with van der Waals surface area (Å²) in [4.78, 5) is 36.7.